The number of likely N-dealkylation sites (N-methyl/N-ethyl adjacent to an activating group) is 1. The van der Waals surface area contributed by atoms with E-state index >= 15 is 0 Å². The van der Waals surface area contributed by atoms with E-state index < -0.39 is 0 Å². The lowest BCUT2D eigenvalue weighted by Crippen LogP contribution is -2.37. The number of hydrogen-bond acceptors (Lipinski definition) is 2. The molecule has 1 fully saturated rings. The summed E-state index contributed by atoms with van der Waals surface area (Å²) in [5.41, 5.74) is 1.26. The Hall–Kier alpha value is -0.830. The number of H-pyrrole nitrogens is 1. The largest absolute Gasteiger partial charge is 0.348 e. The molecule has 1 aromatic heterocycles. The van der Waals surface area contributed by atoms with Crippen LogP contribution in [-0.4, -0.2) is 34.5 Å². The van der Waals surface area contributed by atoms with E-state index in [0.29, 0.717) is 6.04 Å². The van der Waals surface area contributed by atoms with Crippen molar-refractivity contribution in [3.05, 3.63) is 18.2 Å². The zero-order chi connectivity index (χ0) is 9.10. The van der Waals surface area contributed by atoms with Crippen molar-refractivity contribution in [1.82, 2.24) is 14.9 Å². The first-order chi connectivity index (χ1) is 6.36. The van der Waals surface area contributed by atoms with Crippen LogP contribution in [0.3, 0.4) is 0 Å². The van der Waals surface area contributed by atoms with Gasteiger partial charge in [-0.05, 0) is 26.4 Å². The quantitative estimate of drug-likeness (QED) is 0.745. The number of rotatable bonds is 2. The molecule has 1 unspecified atom stereocenters. The molecule has 0 aliphatic carbocycles. The summed E-state index contributed by atoms with van der Waals surface area (Å²) >= 11 is 0. The number of aromatic amines is 1. The van der Waals surface area contributed by atoms with Crippen molar-refractivity contribution in [1.29, 1.82) is 0 Å². The third kappa shape index (κ3) is 2.10. The number of hydrogen-bond donors (Lipinski definition) is 1. The Morgan fingerprint density at radius 3 is 3.23 bits per heavy atom. The molecule has 0 spiro atoms. The third-order valence-electron chi connectivity index (χ3n) is 2.93. The van der Waals surface area contributed by atoms with Crippen molar-refractivity contribution >= 4 is 0 Å². The fraction of sp³-hybridized carbons (Fsp3) is 0.700. The van der Waals surface area contributed by atoms with Crippen LogP contribution in [0.25, 0.3) is 0 Å². The normalized spacial score (nSPS) is 24.8. The van der Waals surface area contributed by atoms with Gasteiger partial charge in [0.25, 0.3) is 0 Å². The molecule has 1 N–H and O–H groups in total. The summed E-state index contributed by atoms with van der Waals surface area (Å²) in [5, 5.41) is 0. The van der Waals surface area contributed by atoms with E-state index in [1.54, 1.807) is 6.33 Å². The zero-order valence-electron chi connectivity index (χ0n) is 8.16. The van der Waals surface area contributed by atoms with E-state index in [1.807, 2.05) is 6.20 Å². The van der Waals surface area contributed by atoms with Gasteiger partial charge >= 0.3 is 0 Å². The molecule has 2 heterocycles. The monoisotopic (exact) mass is 179 g/mol. The Morgan fingerprint density at radius 2 is 2.54 bits per heavy atom. The van der Waals surface area contributed by atoms with Gasteiger partial charge in [0.05, 0.1) is 6.33 Å². The van der Waals surface area contributed by atoms with Crippen LogP contribution in [0.5, 0.6) is 0 Å². The highest BCUT2D eigenvalue weighted by molar-refractivity contribution is 4.98. The topological polar surface area (TPSA) is 31.9 Å². The molecule has 3 nitrogen and oxygen atoms in total. The highest BCUT2D eigenvalue weighted by Gasteiger charge is 2.19. The first-order valence-electron chi connectivity index (χ1n) is 5.04. The van der Waals surface area contributed by atoms with E-state index in [9.17, 15) is 0 Å². The molecule has 0 bridgehead atoms. The average molecular weight is 179 g/mol. The van der Waals surface area contributed by atoms with Gasteiger partial charge in [-0.3, -0.25) is 0 Å². The van der Waals surface area contributed by atoms with Crippen LogP contribution >= 0.6 is 0 Å². The second-order valence-corrected chi connectivity index (χ2v) is 3.91. The van der Waals surface area contributed by atoms with Gasteiger partial charge in [0.15, 0.2) is 0 Å². The SMILES string of the molecule is CN1CCCCC1Cc1cnc[nH]1. The molecule has 13 heavy (non-hydrogen) atoms. The van der Waals surface area contributed by atoms with Crippen LogP contribution in [-0.2, 0) is 6.42 Å². The van der Waals surface area contributed by atoms with E-state index in [0.717, 1.165) is 6.42 Å². The van der Waals surface area contributed by atoms with E-state index in [1.165, 1.54) is 31.5 Å². The predicted octanol–water partition coefficient (Wildman–Crippen LogP) is 1.44. The molecule has 1 aliphatic heterocycles. The molecule has 0 radical (unpaired) electrons. The van der Waals surface area contributed by atoms with Gasteiger partial charge in [0, 0.05) is 24.4 Å². The summed E-state index contributed by atoms with van der Waals surface area (Å²) in [4.78, 5) is 9.67. The summed E-state index contributed by atoms with van der Waals surface area (Å²) in [6, 6.07) is 0.717. The lowest BCUT2D eigenvalue weighted by Gasteiger charge is -2.32. The van der Waals surface area contributed by atoms with Crippen molar-refractivity contribution in [3.8, 4) is 0 Å². The number of imidazole rings is 1. The average Bonchev–Trinajstić information content (AvgIpc) is 2.61. The number of piperidine rings is 1. The minimum Gasteiger partial charge on any atom is -0.348 e. The maximum atomic E-state index is 4.04. The van der Waals surface area contributed by atoms with Gasteiger partial charge in [-0.2, -0.15) is 0 Å². The molecule has 3 heteroatoms. The molecule has 1 saturated heterocycles. The van der Waals surface area contributed by atoms with Crippen LogP contribution in [0.1, 0.15) is 25.0 Å². The first-order valence-corrected chi connectivity index (χ1v) is 5.04. The van der Waals surface area contributed by atoms with Crippen LogP contribution in [0.15, 0.2) is 12.5 Å². The Bertz CT molecular complexity index is 243. The highest BCUT2D eigenvalue weighted by Crippen LogP contribution is 2.17. The number of nitrogens with zero attached hydrogens (tertiary/aromatic N) is 2. The minimum atomic E-state index is 0.717. The Morgan fingerprint density at radius 1 is 1.62 bits per heavy atom. The zero-order valence-corrected chi connectivity index (χ0v) is 8.16. The van der Waals surface area contributed by atoms with Crippen LogP contribution in [0.4, 0.5) is 0 Å². The Kier molecular flexibility index (Phi) is 2.64. The van der Waals surface area contributed by atoms with Crippen molar-refractivity contribution in [2.45, 2.75) is 31.7 Å². The second-order valence-electron chi connectivity index (χ2n) is 3.91. The van der Waals surface area contributed by atoms with Gasteiger partial charge in [-0.25, -0.2) is 4.98 Å². The molecule has 1 atom stereocenters. The van der Waals surface area contributed by atoms with E-state index in [4.69, 9.17) is 0 Å². The molecule has 1 aliphatic rings. The molecule has 0 saturated carbocycles. The van der Waals surface area contributed by atoms with E-state index in [2.05, 4.69) is 21.9 Å². The third-order valence-corrected chi connectivity index (χ3v) is 2.93. The van der Waals surface area contributed by atoms with Crippen molar-refractivity contribution in [3.63, 3.8) is 0 Å². The predicted molar refractivity (Wildman–Crippen MR) is 52.6 cm³/mol. The number of nitrogens with one attached hydrogen (secondary N) is 1. The molecule has 2 rings (SSSR count). The second kappa shape index (κ2) is 3.92. The van der Waals surface area contributed by atoms with Crippen molar-refractivity contribution < 1.29 is 0 Å². The smallest absolute Gasteiger partial charge is 0.0921 e. The Balaban J connectivity index is 1.93. The maximum absolute atomic E-state index is 4.04. The van der Waals surface area contributed by atoms with Crippen LogP contribution < -0.4 is 0 Å². The lowest BCUT2D eigenvalue weighted by molar-refractivity contribution is 0.184. The summed E-state index contributed by atoms with van der Waals surface area (Å²) < 4.78 is 0. The van der Waals surface area contributed by atoms with Crippen molar-refractivity contribution in [2.24, 2.45) is 0 Å². The van der Waals surface area contributed by atoms with E-state index in [-0.39, 0.29) is 0 Å². The van der Waals surface area contributed by atoms with Crippen LogP contribution in [0.2, 0.25) is 0 Å². The van der Waals surface area contributed by atoms with Gasteiger partial charge in [0.2, 0.25) is 0 Å². The Labute approximate surface area is 79.2 Å². The van der Waals surface area contributed by atoms with Gasteiger partial charge < -0.3 is 9.88 Å². The molecule has 0 amide bonds. The standard InChI is InChI=1S/C10H17N3/c1-13-5-3-2-4-10(13)6-9-7-11-8-12-9/h7-8,10H,2-6H2,1H3,(H,11,12). The summed E-state index contributed by atoms with van der Waals surface area (Å²) in [6.45, 7) is 1.25. The number of aromatic nitrogens is 2. The summed E-state index contributed by atoms with van der Waals surface area (Å²) in [5.74, 6) is 0. The molecule has 1 aromatic rings. The fourth-order valence-corrected chi connectivity index (χ4v) is 2.05. The fourth-order valence-electron chi connectivity index (χ4n) is 2.05. The van der Waals surface area contributed by atoms with Gasteiger partial charge in [-0.1, -0.05) is 6.42 Å². The molecular formula is C10H17N3. The molecule has 72 valence electrons. The maximum Gasteiger partial charge on any atom is 0.0921 e. The first kappa shape index (κ1) is 8.75. The van der Waals surface area contributed by atoms with Crippen LogP contribution in [0, 0.1) is 0 Å². The molecular weight excluding hydrogens is 162 g/mol. The number of likely N-dealkylation sites (tertiary alicyclic amines) is 1. The summed E-state index contributed by atoms with van der Waals surface area (Å²) in [7, 11) is 2.22. The minimum absolute atomic E-state index is 0.717. The van der Waals surface area contributed by atoms with Crippen molar-refractivity contribution in [2.75, 3.05) is 13.6 Å². The highest BCUT2D eigenvalue weighted by atomic mass is 15.1. The molecule has 0 aromatic carbocycles. The summed E-state index contributed by atoms with van der Waals surface area (Å²) in [6.07, 6.45) is 8.88. The lowest BCUT2D eigenvalue weighted by atomic mass is 9.99. The van der Waals surface area contributed by atoms with Gasteiger partial charge in [0.1, 0.15) is 0 Å². The van der Waals surface area contributed by atoms with Gasteiger partial charge in [-0.15, -0.1) is 0 Å².